The zero-order valence-corrected chi connectivity index (χ0v) is 16.7. The number of aliphatic hydroxyl groups excluding tert-OH is 1. The topological polar surface area (TPSA) is 35.9 Å². The summed E-state index contributed by atoms with van der Waals surface area (Å²) in [4.78, 5) is 4.49. The maximum Gasteiger partial charge on any atom is 0.123 e. The number of rotatable bonds is 6. The Kier molecular flexibility index (Phi) is 7.90. The predicted octanol–water partition coefficient (Wildman–Crippen LogP) is 3.43. The summed E-state index contributed by atoms with van der Waals surface area (Å²) >= 11 is 0. The van der Waals surface area contributed by atoms with Gasteiger partial charge in [-0.25, -0.2) is 4.39 Å². The molecule has 0 radical (unpaired) electrons. The highest BCUT2D eigenvalue weighted by molar-refractivity contribution is 5.85. The largest absolute Gasteiger partial charge is 0.491 e. The fraction of sp³-hybridized carbons (Fsp3) is 0.429. The number of hydrogen-bond acceptors (Lipinski definition) is 4. The molecule has 2 aromatic rings. The van der Waals surface area contributed by atoms with Crippen molar-refractivity contribution in [1.82, 2.24) is 4.90 Å². The Morgan fingerprint density at radius 1 is 1.00 bits per heavy atom. The Labute approximate surface area is 167 Å². The fourth-order valence-electron chi connectivity index (χ4n) is 3.19. The number of piperazine rings is 1. The van der Waals surface area contributed by atoms with Gasteiger partial charge in [0.05, 0.1) is 0 Å². The van der Waals surface area contributed by atoms with Crippen molar-refractivity contribution < 1.29 is 14.2 Å². The Balaban J connectivity index is 0.00000261. The van der Waals surface area contributed by atoms with E-state index in [2.05, 4.69) is 23.6 Å². The second-order valence-corrected chi connectivity index (χ2v) is 6.97. The van der Waals surface area contributed by atoms with Crippen LogP contribution in [0.4, 0.5) is 10.1 Å². The van der Waals surface area contributed by atoms with E-state index in [1.54, 1.807) is 0 Å². The first kappa shape index (κ1) is 21.5. The zero-order chi connectivity index (χ0) is 18.5. The molecule has 148 valence electrons. The standard InChI is InChI=1S/C21H27FN2O2.ClH/c1-16-3-8-21(13-17(16)2)26-15-20(25)14-23-9-11-24(12-10-23)19-6-4-18(22)5-7-19;/h3-8,13,20,25H,9-12,14-15H2,1-2H3;1H. The lowest BCUT2D eigenvalue weighted by Crippen LogP contribution is -2.49. The molecule has 0 amide bonds. The number of β-amino-alcohol motifs (C(OH)–C–C–N with tert-alkyl or cyclic N) is 1. The highest BCUT2D eigenvalue weighted by atomic mass is 35.5. The first-order valence-corrected chi connectivity index (χ1v) is 9.12. The van der Waals surface area contributed by atoms with Gasteiger partial charge in [0.15, 0.2) is 0 Å². The minimum absolute atomic E-state index is 0. The van der Waals surface area contributed by atoms with E-state index >= 15 is 0 Å². The molecule has 1 aliphatic heterocycles. The molecule has 27 heavy (non-hydrogen) atoms. The predicted molar refractivity (Wildman–Crippen MR) is 110 cm³/mol. The number of hydrogen-bond donors (Lipinski definition) is 1. The van der Waals surface area contributed by atoms with Crippen molar-refractivity contribution in [2.75, 3.05) is 44.2 Å². The Morgan fingerprint density at radius 3 is 2.30 bits per heavy atom. The van der Waals surface area contributed by atoms with Crippen LogP contribution in [0.1, 0.15) is 11.1 Å². The van der Waals surface area contributed by atoms with Gasteiger partial charge in [-0.2, -0.15) is 0 Å². The molecule has 1 fully saturated rings. The summed E-state index contributed by atoms with van der Waals surface area (Å²) in [5.41, 5.74) is 3.47. The second kappa shape index (κ2) is 9.93. The molecule has 0 aromatic heterocycles. The van der Waals surface area contributed by atoms with Crippen LogP contribution in [0.15, 0.2) is 42.5 Å². The summed E-state index contributed by atoms with van der Waals surface area (Å²) in [7, 11) is 0. The first-order valence-electron chi connectivity index (χ1n) is 9.12. The lowest BCUT2D eigenvalue weighted by molar-refractivity contribution is 0.0663. The van der Waals surface area contributed by atoms with Crippen molar-refractivity contribution >= 4 is 18.1 Å². The molecule has 2 aromatic carbocycles. The molecule has 0 saturated carbocycles. The normalized spacial score (nSPS) is 15.9. The van der Waals surface area contributed by atoms with Gasteiger partial charge in [0, 0.05) is 38.4 Å². The molecule has 4 nitrogen and oxygen atoms in total. The van der Waals surface area contributed by atoms with Gasteiger partial charge in [0.2, 0.25) is 0 Å². The van der Waals surface area contributed by atoms with Crippen LogP contribution in [0, 0.1) is 19.7 Å². The van der Waals surface area contributed by atoms with E-state index in [1.165, 1.54) is 23.3 Å². The second-order valence-electron chi connectivity index (χ2n) is 6.97. The summed E-state index contributed by atoms with van der Waals surface area (Å²) in [5.74, 6) is 0.590. The molecule has 1 saturated heterocycles. The van der Waals surface area contributed by atoms with E-state index in [1.807, 2.05) is 30.3 Å². The van der Waals surface area contributed by atoms with Crippen LogP contribution in [0.5, 0.6) is 5.75 Å². The minimum atomic E-state index is -0.519. The number of anilines is 1. The monoisotopic (exact) mass is 394 g/mol. The molecule has 1 unspecified atom stereocenters. The van der Waals surface area contributed by atoms with Crippen molar-refractivity contribution in [2.24, 2.45) is 0 Å². The van der Waals surface area contributed by atoms with Gasteiger partial charge >= 0.3 is 0 Å². The van der Waals surface area contributed by atoms with Crippen LogP contribution in [-0.4, -0.2) is 55.4 Å². The third-order valence-corrected chi connectivity index (χ3v) is 4.95. The van der Waals surface area contributed by atoms with Crippen molar-refractivity contribution in [2.45, 2.75) is 20.0 Å². The summed E-state index contributed by atoms with van der Waals surface area (Å²) < 4.78 is 18.8. The van der Waals surface area contributed by atoms with E-state index in [-0.39, 0.29) is 18.2 Å². The summed E-state index contributed by atoms with van der Waals surface area (Å²) in [6.45, 7) is 8.50. The van der Waals surface area contributed by atoms with Crippen LogP contribution in [0.2, 0.25) is 0 Å². The van der Waals surface area contributed by atoms with E-state index in [0.29, 0.717) is 13.2 Å². The quantitative estimate of drug-likeness (QED) is 0.814. The molecule has 0 spiro atoms. The number of benzene rings is 2. The molecule has 0 bridgehead atoms. The number of aliphatic hydroxyl groups is 1. The minimum Gasteiger partial charge on any atom is -0.491 e. The van der Waals surface area contributed by atoms with Crippen molar-refractivity contribution in [1.29, 1.82) is 0 Å². The van der Waals surface area contributed by atoms with Crippen LogP contribution >= 0.6 is 12.4 Å². The van der Waals surface area contributed by atoms with Crippen molar-refractivity contribution in [3.05, 3.63) is 59.4 Å². The maximum atomic E-state index is 13.0. The van der Waals surface area contributed by atoms with Gasteiger partial charge in [0.1, 0.15) is 24.3 Å². The van der Waals surface area contributed by atoms with Gasteiger partial charge in [-0.05, 0) is 61.4 Å². The molecular formula is C21H28ClFN2O2. The average molecular weight is 395 g/mol. The van der Waals surface area contributed by atoms with Crippen LogP contribution in [0.3, 0.4) is 0 Å². The van der Waals surface area contributed by atoms with Crippen molar-refractivity contribution in [3.63, 3.8) is 0 Å². The molecule has 1 aliphatic rings. The van der Waals surface area contributed by atoms with Gasteiger partial charge in [-0.1, -0.05) is 6.07 Å². The molecule has 6 heteroatoms. The number of ether oxygens (including phenoxy) is 1. The fourth-order valence-corrected chi connectivity index (χ4v) is 3.19. The number of aryl methyl sites for hydroxylation is 2. The van der Waals surface area contributed by atoms with Gasteiger partial charge in [-0.3, -0.25) is 4.90 Å². The number of halogens is 2. The van der Waals surface area contributed by atoms with Crippen molar-refractivity contribution in [3.8, 4) is 5.75 Å². The van der Waals surface area contributed by atoms with E-state index in [4.69, 9.17) is 4.74 Å². The van der Waals surface area contributed by atoms with Gasteiger partial charge < -0.3 is 14.7 Å². The van der Waals surface area contributed by atoms with Crippen LogP contribution < -0.4 is 9.64 Å². The highest BCUT2D eigenvalue weighted by Crippen LogP contribution is 2.18. The SMILES string of the molecule is Cc1ccc(OCC(O)CN2CCN(c3ccc(F)cc3)CC2)cc1C.Cl. The zero-order valence-electron chi connectivity index (χ0n) is 15.9. The maximum absolute atomic E-state index is 13.0. The molecule has 1 heterocycles. The lowest BCUT2D eigenvalue weighted by atomic mass is 10.1. The smallest absolute Gasteiger partial charge is 0.123 e. The lowest BCUT2D eigenvalue weighted by Gasteiger charge is -2.36. The number of nitrogens with zero attached hydrogens (tertiary/aromatic N) is 2. The third kappa shape index (κ3) is 6.09. The summed E-state index contributed by atoms with van der Waals surface area (Å²) in [6.07, 6.45) is -0.519. The molecule has 1 N–H and O–H groups in total. The molecule has 3 rings (SSSR count). The van der Waals surface area contributed by atoms with Crippen LogP contribution in [0.25, 0.3) is 0 Å². The van der Waals surface area contributed by atoms with E-state index in [0.717, 1.165) is 37.6 Å². The Hall–Kier alpha value is -1.82. The first-order chi connectivity index (χ1) is 12.5. The summed E-state index contributed by atoms with van der Waals surface area (Å²) in [5, 5.41) is 10.3. The molecular weight excluding hydrogens is 367 g/mol. The Morgan fingerprint density at radius 2 is 1.67 bits per heavy atom. The summed E-state index contributed by atoms with van der Waals surface area (Å²) in [6, 6.07) is 12.6. The molecule has 0 aliphatic carbocycles. The van der Waals surface area contributed by atoms with Gasteiger partial charge in [-0.15, -0.1) is 12.4 Å². The van der Waals surface area contributed by atoms with Gasteiger partial charge in [0.25, 0.3) is 0 Å². The average Bonchev–Trinajstić information content (AvgIpc) is 2.64. The molecule has 1 atom stereocenters. The van der Waals surface area contributed by atoms with E-state index in [9.17, 15) is 9.50 Å². The Bertz CT molecular complexity index is 719. The van der Waals surface area contributed by atoms with E-state index < -0.39 is 6.10 Å². The van der Waals surface area contributed by atoms with Crippen LogP contribution in [-0.2, 0) is 0 Å². The highest BCUT2D eigenvalue weighted by Gasteiger charge is 2.19. The third-order valence-electron chi connectivity index (χ3n) is 4.95.